The van der Waals surface area contributed by atoms with Gasteiger partial charge in [-0.15, -0.1) is 0 Å². The summed E-state index contributed by atoms with van der Waals surface area (Å²) in [6, 6.07) is -0.785. The van der Waals surface area contributed by atoms with Gasteiger partial charge in [-0.2, -0.15) is 0 Å². The molecule has 0 aromatic rings. The molecular weight excluding hydrogens is 458 g/mol. The topological polar surface area (TPSA) is 90.4 Å². The van der Waals surface area contributed by atoms with Gasteiger partial charge in [-0.3, -0.25) is 14.4 Å². The fourth-order valence-electron chi connectivity index (χ4n) is 6.90. The minimum atomic E-state index is -1.19. The fourth-order valence-corrected chi connectivity index (χ4v) is 6.90. The molecule has 0 aromatic carbocycles. The zero-order chi connectivity index (χ0) is 26.1. The lowest BCUT2D eigenvalue weighted by Crippen LogP contribution is -2.57. The van der Waals surface area contributed by atoms with E-state index in [1.807, 2.05) is 48.0 Å². The molecule has 2 saturated heterocycles. The van der Waals surface area contributed by atoms with Gasteiger partial charge in [-0.05, 0) is 39.0 Å². The Bertz CT molecular complexity index is 919. The third kappa shape index (κ3) is 4.10. The van der Waals surface area contributed by atoms with Crippen LogP contribution in [-0.4, -0.2) is 93.6 Å². The molecule has 8 nitrogen and oxygen atoms in total. The molecule has 0 bridgehead atoms. The highest BCUT2D eigenvalue weighted by Crippen LogP contribution is 2.58. The maximum Gasteiger partial charge on any atom is 0.249 e. The van der Waals surface area contributed by atoms with Gasteiger partial charge in [0, 0.05) is 38.8 Å². The predicted molar refractivity (Wildman–Crippen MR) is 137 cm³/mol. The van der Waals surface area contributed by atoms with Crippen molar-refractivity contribution >= 4 is 17.7 Å². The van der Waals surface area contributed by atoms with Crippen molar-refractivity contribution in [3.8, 4) is 0 Å². The maximum absolute atomic E-state index is 14.2. The number of hydrogen-bond donors (Lipinski definition) is 1. The SMILES string of the molecule is CCCC(C)N1CC=C[C@]23O[C@]4(CC)C=CCN(CCC)C(=O)[C@@H]4[C@H]2C(=O)N(CCCCO)C3C1=O. The van der Waals surface area contributed by atoms with Gasteiger partial charge in [0.15, 0.2) is 0 Å². The first-order valence-corrected chi connectivity index (χ1v) is 13.9. The number of carbonyl (C=O) groups excluding carboxylic acids is 3. The molecule has 36 heavy (non-hydrogen) atoms. The summed E-state index contributed by atoms with van der Waals surface area (Å²) in [7, 11) is 0. The summed E-state index contributed by atoms with van der Waals surface area (Å²) in [5.74, 6) is -1.78. The molecule has 0 aromatic heterocycles. The summed E-state index contributed by atoms with van der Waals surface area (Å²) in [4.78, 5) is 47.8. The summed E-state index contributed by atoms with van der Waals surface area (Å²) in [6.45, 7) is 10.2. The van der Waals surface area contributed by atoms with Crippen LogP contribution < -0.4 is 0 Å². The summed E-state index contributed by atoms with van der Waals surface area (Å²) in [6.07, 6.45) is 12.2. The van der Waals surface area contributed by atoms with Gasteiger partial charge in [-0.1, -0.05) is 51.5 Å². The Balaban J connectivity index is 1.83. The molecule has 4 aliphatic rings. The predicted octanol–water partition coefficient (Wildman–Crippen LogP) is 2.52. The van der Waals surface area contributed by atoms with Crippen LogP contribution in [0.2, 0.25) is 0 Å². The highest BCUT2D eigenvalue weighted by molar-refractivity contribution is 6.00. The van der Waals surface area contributed by atoms with E-state index in [4.69, 9.17) is 4.74 Å². The number of likely N-dealkylation sites (tertiary alicyclic amines) is 1. The second kappa shape index (κ2) is 10.7. The van der Waals surface area contributed by atoms with E-state index in [-0.39, 0.29) is 30.4 Å². The first-order chi connectivity index (χ1) is 17.3. The van der Waals surface area contributed by atoms with E-state index < -0.39 is 29.1 Å². The highest BCUT2D eigenvalue weighted by Gasteiger charge is 2.75. The van der Waals surface area contributed by atoms with Crippen molar-refractivity contribution in [2.75, 3.05) is 32.8 Å². The first kappa shape index (κ1) is 26.9. The normalized spacial score (nSPS) is 34.5. The van der Waals surface area contributed by atoms with Crippen LogP contribution in [0.5, 0.6) is 0 Å². The summed E-state index contributed by atoms with van der Waals surface area (Å²) < 4.78 is 6.96. The Morgan fingerprint density at radius 3 is 2.39 bits per heavy atom. The smallest absolute Gasteiger partial charge is 0.249 e. The zero-order valence-corrected chi connectivity index (χ0v) is 22.3. The van der Waals surface area contributed by atoms with Crippen molar-refractivity contribution in [3.05, 3.63) is 24.3 Å². The monoisotopic (exact) mass is 501 g/mol. The Kier molecular flexibility index (Phi) is 7.95. The lowest BCUT2D eigenvalue weighted by Gasteiger charge is -2.39. The van der Waals surface area contributed by atoms with E-state index in [1.165, 1.54) is 0 Å². The second-order valence-electron chi connectivity index (χ2n) is 10.8. The van der Waals surface area contributed by atoms with Crippen LogP contribution in [0.15, 0.2) is 24.3 Å². The minimum absolute atomic E-state index is 0.0299. The van der Waals surface area contributed by atoms with Crippen LogP contribution in [0.25, 0.3) is 0 Å². The number of carbonyl (C=O) groups is 3. The van der Waals surface area contributed by atoms with Crippen molar-refractivity contribution in [3.63, 3.8) is 0 Å². The van der Waals surface area contributed by atoms with Gasteiger partial charge < -0.3 is 24.5 Å². The van der Waals surface area contributed by atoms with Crippen LogP contribution >= 0.6 is 0 Å². The number of nitrogens with zero attached hydrogens (tertiary/aromatic N) is 3. The highest BCUT2D eigenvalue weighted by atomic mass is 16.5. The van der Waals surface area contributed by atoms with E-state index in [0.717, 1.165) is 19.3 Å². The number of rotatable bonds is 10. The molecule has 4 aliphatic heterocycles. The standard InChI is InChI=1S/C28H43N3O5/c1-5-12-20(4)30-18-11-14-28-22(25(34)31(17-8-9-19-32)23(28)26(30)35)21-24(33)29(15-6-2)16-10-13-27(21,7-3)36-28/h10-11,13-14,20-23,32H,5-9,12,15-19H2,1-4H3/t20?,21-,22-,23?,27+,28-/m0/s1. The molecule has 0 radical (unpaired) electrons. The van der Waals surface area contributed by atoms with Crippen LogP contribution in [-0.2, 0) is 19.1 Å². The van der Waals surface area contributed by atoms with Crippen LogP contribution in [0.1, 0.15) is 66.2 Å². The molecule has 6 atom stereocenters. The molecule has 4 heterocycles. The maximum atomic E-state index is 14.2. The number of ether oxygens (including phenoxy) is 1. The van der Waals surface area contributed by atoms with Gasteiger partial charge in [0.1, 0.15) is 11.6 Å². The van der Waals surface area contributed by atoms with Gasteiger partial charge in [0.2, 0.25) is 17.7 Å². The van der Waals surface area contributed by atoms with Gasteiger partial charge >= 0.3 is 0 Å². The van der Waals surface area contributed by atoms with Gasteiger partial charge in [-0.25, -0.2) is 0 Å². The molecule has 2 unspecified atom stereocenters. The minimum Gasteiger partial charge on any atom is -0.396 e. The molecule has 1 spiro atoms. The first-order valence-electron chi connectivity index (χ1n) is 13.9. The number of fused-ring (bicyclic) bond motifs is 2. The average molecular weight is 502 g/mol. The Labute approximate surface area is 215 Å². The fraction of sp³-hybridized carbons (Fsp3) is 0.750. The Morgan fingerprint density at radius 1 is 0.972 bits per heavy atom. The van der Waals surface area contributed by atoms with Crippen molar-refractivity contribution in [2.24, 2.45) is 11.8 Å². The largest absolute Gasteiger partial charge is 0.396 e. The van der Waals surface area contributed by atoms with E-state index in [9.17, 15) is 19.5 Å². The number of unbranched alkanes of at least 4 members (excludes halogenated alkanes) is 1. The number of amides is 3. The second-order valence-corrected chi connectivity index (χ2v) is 10.8. The van der Waals surface area contributed by atoms with Crippen molar-refractivity contribution < 1.29 is 24.2 Å². The van der Waals surface area contributed by atoms with Crippen molar-refractivity contribution in [1.29, 1.82) is 0 Å². The lowest BCUT2D eigenvalue weighted by molar-refractivity contribution is -0.155. The molecule has 200 valence electrons. The summed E-state index contributed by atoms with van der Waals surface area (Å²) >= 11 is 0. The number of aliphatic hydroxyl groups is 1. The molecule has 0 aliphatic carbocycles. The molecule has 3 amide bonds. The third-order valence-corrected chi connectivity index (χ3v) is 8.59. The van der Waals surface area contributed by atoms with E-state index in [1.54, 1.807) is 4.90 Å². The van der Waals surface area contributed by atoms with Gasteiger partial charge in [0.25, 0.3) is 0 Å². The van der Waals surface area contributed by atoms with Crippen molar-refractivity contribution in [1.82, 2.24) is 14.7 Å². The quantitative estimate of drug-likeness (QED) is 0.367. The Morgan fingerprint density at radius 2 is 1.72 bits per heavy atom. The average Bonchev–Trinajstić information content (AvgIpc) is 3.14. The molecule has 4 rings (SSSR count). The molecule has 0 saturated carbocycles. The zero-order valence-electron chi connectivity index (χ0n) is 22.3. The molecule has 1 N–H and O–H groups in total. The number of aliphatic hydroxyl groups excluding tert-OH is 1. The van der Waals surface area contributed by atoms with Crippen LogP contribution in [0.4, 0.5) is 0 Å². The number of hydrogen-bond acceptors (Lipinski definition) is 5. The lowest BCUT2D eigenvalue weighted by atomic mass is 9.73. The van der Waals surface area contributed by atoms with Crippen molar-refractivity contribution in [2.45, 2.75) is 89.5 Å². The summed E-state index contributed by atoms with van der Waals surface area (Å²) in [5.41, 5.74) is -2.12. The molecular formula is C28H43N3O5. The summed E-state index contributed by atoms with van der Waals surface area (Å²) in [5, 5.41) is 9.36. The third-order valence-electron chi connectivity index (χ3n) is 8.59. The van der Waals surface area contributed by atoms with E-state index in [0.29, 0.717) is 45.4 Å². The Hall–Kier alpha value is -2.19. The van der Waals surface area contributed by atoms with E-state index >= 15 is 0 Å². The van der Waals surface area contributed by atoms with Gasteiger partial charge in [0.05, 0.1) is 17.4 Å². The molecule has 2 fully saturated rings. The van der Waals surface area contributed by atoms with Crippen LogP contribution in [0.3, 0.4) is 0 Å². The molecule has 8 heteroatoms. The van der Waals surface area contributed by atoms with Crippen LogP contribution in [0, 0.1) is 11.8 Å². The van der Waals surface area contributed by atoms with E-state index in [2.05, 4.69) is 13.8 Å².